The van der Waals surface area contributed by atoms with Gasteiger partial charge in [0.05, 0.1) is 13.4 Å². The number of imidazole rings is 1. The molecular weight excluding hydrogens is 332 g/mol. The van der Waals surface area contributed by atoms with Crippen LogP contribution in [0.5, 0.6) is 5.75 Å². The van der Waals surface area contributed by atoms with Gasteiger partial charge in [-0.15, -0.1) is 0 Å². The average molecular weight is 350 g/mol. The summed E-state index contributed by atoms with van der Waals surface area (Å²) < 4.78 is 5.08. The van der Waals surface area contributed by atoms with Gasteiger partial charge in [0.25, 0.3) is 11.8 Å². The lowest BCUT2D eigenvalue weighted by molar-refractivity contribution is 0.0985. The van der Waals surface area contributed by atoms with E-state index in [1.807, 2.05) is 25.1 Å². The molecule has 1 aromatic heterocycles. The van der Waals surface area contributed by atoms with Crippen molar-refractivity contribution in [3.05, 3.63) is 71.8 Å². The van der Waals surface area contributed by atoms with Crippen molar-refractivity contribution in [2.24, 2.45) is 0 Å². The van der Waals surface area contributed by atoms with Gasteiger partial charge in [0.1, 0.15) is 11.4 Å². The smallest absolute Gasteiger partial charge is 0.276 e. The number of hydrogen-bond donors (Lipinski definition) is 3. The summed E-state index contributed by atoms with van der Waals surface area (Å²) in [6.45, 7) is 1.93. The number of rotatable bonds is 5. The predicted octanol–water partition coefficient (Wildman–Crippen LogP) is 3.23. The molecule has 0 unspecified atom stereocenters. The molecule has 26 heavy (non-hydrogen) atoms. The molecule has 0 spiro atoms. The highest BCUT2D eigenvalue weighted by Crippen LogP contribution is 2.17. The topological polar surface area (TPSA) is 96.1 Å². The number of nitrogens with zero attached hydrogens (tertiary/aromatic N) is 1. The summed E-state index contributed by atoms with van der Waals surface area (Å²) in [5.74, 6) is -0.235. The minimum atomic E-state index is -0.461. The third-order valence-corrected chi connectivity index (χ3v) is 3.71. The highest BCUT2D eigenvalue weighted by Gasteiger charge is 2.20. The average Bonchev–Trinajstić information content (AvgIpc) is 3.12. The van der Waals surface area contributed by atoms with E-state index in [0.29, 0.717) is 17.1 Å². The number of anilines is 2. The fourth-order valence-electron chi connectivity index (χ4n) is 2.42. The van der Waals surface area contributed by atoms with Crippen LogP contribution in [-0.2, 0) is 0 Å². The third kappa shape index (κ3) is 3.89. The molecule has 0 radical (unpaired) electrons. The van der Waals surface area contributed by atoms with Gasteiger partial charge >= 0.3 is 0 Å². The number of H-pyrrole nitrogens is 1. The van der Waals surface area contributed by atoms with Crippen LogP contribution < -0.4 is 15.4 Å². The van der Waals surface area contributed by atoms with Crippen LogP contribution in [-0.4, -0.2) is 28.9 Å². The van der Waals surface area contributed by atoms with E-state index < -0.39 is 11.8 Å². The van der Waals surface area contributed by atoms with Gasteiger partial charge in [0.15, 0.2) is 5.69 Å². The van der Waals surface area contributed by atoms with Gasteiger partial charge in [0.2, 0.25) is 0 Å². The lowest BCUT2D eigenvalue weighted by Gasteiger charge is -2.08. The Kier molecular flexibility index (Phi) is 4.98. The molecule has 0 atom stereocenters. The number of nitrogens with one attached hydrogen (secondary N) is 3. The molecule has 0 aliphatic heterocycles. The van der Waals surface area contributed by atoms with Crippen LogP contribution in [0.1, 0.15) is 26.5 Å². The normalized spacial score (nSPS) is 10.2. The number of hydrogen-bond acceptors (Lipinski definition) is 4. The molecule has 3 rings (SSSR count). The predicted molar refractivity (Wildman–Crippen MR) is 98.7 cm³/mol. The second-order valence-electron chi connectivity index (χ2n) is 5.63. The van der Waals surface area contributed by atoms with Crippen molar-refractivity contribution in [3.63, 3.8) is 0 Å². The van der Waals surface area contributed by atoms with Gasteiger partial charge in [-0.25, -0.2) is 4.98 Å². The molecule has 132 valence electrons. The summed E-state index contributed by atoms with van der Waals surface area (Å²) in [7, 11) is 1.57. The first-order valence-corrected chi connectivity index (χ1v) is 7.93. The van der Waals surface area contributed by atoms with E-state index >= 15 is 0 Å². The fourth-order valence-corrected chi connectivity index (χ4v) is 2.42. The zero-order chi connectivity index (χ0) is 18.5. The van der Waals surface area contributed by atoms with Crippen molar-refractivity contribution in [1.29, 1.82) is 0 Å². The van der Waals surface area contributed by atoms with Crippen LogP contribution in [0.3, 0.4) is 0 Å². The Morgan fingerprint density at radius 3 is 2.42 bits per heavy atom. The maximum absolute atomic E-state index is 12.5. The molecular formula is C19H18N4O3. The summed E-state index contributed by atoms with van der Waals surface area (Å²) in [5.41, 5.74) is 2.35. The maximum atomic E-state index is 12.5. The highest BCUT2D eigenvalue weighted by atomic mass is 16.5. The van der Waals surface area contributed by atoms with Crippen LogP contribution in [0.2, 0.25) is 0 Å². The quantitative estimate of drug-likeness (QED) is 0.658. The number of benzene rings is 2. The van der Waals surface area contributed by atoms with Gasteiger partial charge in [0, 0.05) is 11.4 Å². The van der Waals surface area contributed by atoms with E-state index in [2.05, 4.69) is 20.6 Å². The van der Waals surface area contributed by atoms with E-state index in [4.69, 9.17) is 4.74 Å². The van der Waals surface area contributed by atoms with Crippen molar-refractivity contribution in [1.82, 2.24) is 9.97 Å². The van der Waals surface area contributed by atoms with Crippen molar-refractivity contribution in [2.75, 3.05) is 17.7 Å². The molecule has 0 aliphatic rings. The standard InChI is InChI=1S/C19H18N4O3/c1-12-4-3-5-14(10-12)23-19(25)17-16(20-11-21-17)18(24)22-13-6-8-15(26-2)9-7-13/h3-11H,1-2H3,(H,20,21)(H,22,24)(H,23,25). The summed E-state index contributed by atoms with van der Waals surface area (Å²) >= 11 is 0. The van der Waals surface area contributed by atoms with E-state index in [0.717, 1.165) is 5.56 Å². The Morgan fingerprint density at radius 1 is 1.00 bits per heavy atom. The number of aromatic nitrogens is 2. The highest BCUT2D eigenvalue weighted by molar-refractivity contribution is 6.13. The number of aryl methyl sites for hydroxylation is 1. The lowest BCUT2D eigenvalue weighted by atomic mass is 10.2. The summed E-state index contributed by atoms with van der Waals surface area (Å²) in [5, 5.41) is 5.46. The SMILES string of the molecule is COc1ccc(NC(=O)c2[nH]cnc2C(=O)Nc2cccc(C)c2)cc1. The first-order chi connectivity index (χ1) is 12.6. The Hall–Kier alpha value is -3.61. The summed E-state index contributed by atoms with van der Waals surface area (Å²) in [6, 6.07) is 14.3. The van der Waals surface area contributed by atoms with E-state index in [-0.39, 0.29) is 11.4 Å². The zero-order valence-electron chi connectivity index (χ0n) is 14.4. The van der Waals surface area contributed by atoms with E-state index in [9.17, 15) is 9.59 Å². The monoisotopic (exact) mass is 350 g/mol. The van der Waals surface area contributed by atoms with Gasteiger partial charge in [-0.2, -0.15) is 0 Å². The van der Waals surface area contributed by atoms with Gasteiger partial charge < -0.3 is 20.4 Å². The largest absolute Gasteiger partial charge is 0.497 e. The van der Waals surface area contributed by atoms with Crippen molar-refractivity contribution >= 4 is 23.2 Å². The minimum Gasteiger partial charge on any atom is -0.497 e. The second-order valence-corrected chi connectivity index (χ2v) is 5.63. The Bertz CT molecular complexity index is 932. The maximum Gasteiger partial charge on any atom is 0.276 e. The Balaban J connectivity index is 1.74. The third-order valence-electron chi connectivity index (χ3n) is 3.71. The van der Waals surface area contributed by atoms with Crippen LogP contribution in [0, 0.1) is 6.92 Å². The van der Waals surface area contributed by atoms with Crippen LogP contribution >= 0.6 is 0 Å². The molecule has 2 aromatic carbocycles. The van der Waals surface area contributed by atoms with Crippen LogP contribution in [0.25, 0.3) is 0 Å². The second kappa shape index (κ2) is 7.52. The molecule has 1 heterocycles. The molecule has 0 saturated heterocycles. The molecule has 0 fully saturated rings. The number of methoxy groups -OCH3 is 1. The van der Waals surface area contributed by atoms with Crippen molar-refractivity contribution < 1.29 is 14.3 Å². The lowest BCUT2D eigenvalue weighted by Crippen LogP contribution is -2.20. The fraction of sp³-hybridized carbons (Fsp3) is 0.105. The zero-order valence-corrected chi connectivity index (χ0v) is 14.4. The molecule has 7 nitrogen and oxygen atoms in total. The molecule has 0 bridgehead atoms. The molecule has 3 N–H and O–H groups in total. The van der Waals surface area contributed by atoms with E-state index in [1.165, 1.54) is 6.33 Å². The molecule has 0 saturated carbocycles. The minimum absolute atomic E-state index is 0.0255. The first kappa shape index (κ1) is 17.2. The van der Waals surface area contributed by atoms with Gasteiger partial charge in [-0.3, -0.25) is 9.59 Å². The number of aromatic amines is 1. The molecule has 3 aromatic rings. The van der Waals surface area contributed by atoms with Gasteiger partial charge in [-0.1, -0.05) is 12.1 Å². The van der Waals surface area contributed by atoms with E-state index in [1.54, 1.807) is 37.4 Å². The van der Waals surface area contributed by atoms with Crippen LogP contribution in [0.4, 0.5) is 11.4 Å². The number of carbonyl (C=O) groups excluding carboxylic acids is 2. The summed E-state index contributed by atoms with van der Waals surface area (Å²) in [4.78, 5) is 31.6. The summed E-state index contributed by atoms with van der Waals surface area (Å²) in [6.07, 6.45) is 1.31. The number of ether oxygens (including phenoxy) is 1. The molecule has 2 amide bonds. The van der Waals surface area contributed by atoms with Gasteiger partial charge in [-0.05, 0) is 48.9 Å². The Labute approximate surface area is 150 Å². The molecule has 0 aliphatic carbocycles. The number of carbonyl (C=O) groups is 2. The Morgan fingerprint density at radius 2 is 1.73 bits per heavy atom. The van der Waals surface area contributed by atoms with Crippen molar-refractivity contribution in [2.45, 2.75) is 6.92 Å². The van der Waals surface area contributed by atoms with Crippen molar-refractivity contribution in [3.8, 4) is 5.75 Å². The number of amides is 2. The van der Waals surface area contributed by atoms with Crippen LogP contribution in [0.15, 0.2) is 54.9 Å². The molecule has 7 heteroatoms. The first-order valence-electron chi connectivity index (χ1n) is 7.93.